The molecule has 2 aromatic carbocycles. The molecule has 0 saturated heterocycles. The van der Waals surface area contributed by atoms with E-state index in [0.29, 0.717) is 17.9 Å². The van der Waals surface area contributed by atoms with Crippen LogP contribution in [-0.4, -0.2) is 25.5 Å². The molecule has 0 radical (unpaired) electrons. The van der Waals surface area contributed by atoms with E-state index in [-0.39, 0.29) is 5.78 Å². The molecule has 3 nitrogen and oxygen atoms in total. The average Bonchev–Trinajstić information content (AvgIpc) is 2.55. The van der Waals surface area contributed by atoms with Gasteiger partial charge in [-0.25, -0.2) is 0 Å². The molecule has 0 atom stereocenters. The molecule has 0 fully saturated rings. The highest BCUT2D eigenvalue weighted by molar-refractivity contribution is 5.96. The molecular weight excluding hydrogens is 286 g/mol. The summed E-state index contributed by atoms with van der Waals surface area (Å²) in [7, 11) is 0. The first-order valence-corrected chi connectivity index (χ1v) is 8.22. The lowest BCUT2D eigenvalue weighted by Gasteiger charge is -2.31. The zero-order valence-electron chi connectivity index (χ0n) is 13.8. The van der Waals surface area contributed by atoms with Gasteiger partial charge in [0.2, 0.25) is 0 Å². The molecule has 0 spiro atoms. The lowest BCUT2D eigenvalue weighted by molar-refractivity contribution is 0.101. The van der Waals surface area contributed by atoms with E-state index in [1.807, 2.05) is 24.3 Å². The standard InChI is InChI=1S/C20H23NO2/c1-15-9-10-19-17(14-15)6-5-11-21(19)12-13-23-20-8-4-3-7-18(20)16(2)22/h3-4,7-10,14H,5-6,11-13H2,1-2H3. The van der Waals surface area contributed by atoms with Gasteiger partial charge in [-0.05, 0) is 50.5 Å². The molecule has 1 aliphatic rings. The van der Waals surface area contributed by atoms with Crippen molar-refractivity contribution >= 4 is 11.5 Å². The first-order valence-electron chi connectivity index (χ1n) is 8.22. The number of rotatable bonds is 5. The minimum atomic E-state index is 0.0411. The average molecular weight is 309 g/mol. The summed E-state index contributed by atoms with van der Waals surface area (Å²) < 4.78 is 5.88. The molecule has 0 aliphatic carbocycles. The van der Waals surface area contributed by atoms with E-state index in [9.17, 15) is 4.79 Å². The maximum Gasteiger partial charge on any atom is 0.163 e. The Morgan fingerprint density at radius 2 is 2.04 bits per heavy atom. The number of ketones is 1. The minimum absolute atomic E-state index is 0.0411. The summed E-state index contributed by atoms with van der Waals surface area (Å²) in [5, 5.41) is 0. The number of nitrogens with zero attached hydrogens (tertiary/aromatic N) is 1. The van der Waals surface area contributed by atoms with Gasteiger partial charge in [0.25, 0.3) is 0 Å². The third-order valence-corrected chi connectivity index (χ3v) is 4.33. The molecule has 1 heterocycles. The number of para-hydroxylation sites is 1. The van der Waals surface area contributed by atoms with Gasteiger partial charge >= 0.3 is 0 Å². The summed E-state index contributed by atoms with van der Waals surface area (Å²) in [5.41, 5.74) is 4.73. The zero-order chi connectivity index (χ0) is 16.2. The van der Waals surface area contributed by atoms with Crippen molar-refractivity contribution in [3.05, 3.63) is 59.2 Å². The number of aryl methyl sites for hydroxylation is 2. The van der Waals surface area contributed by atoms with Crippen molar-refractivity contribution in [3.63, 3.8) is 0 Å². The van der Waals surface area contributed by atoms with Gasteiger partial charge in [-0.3, -0.25) is 4.79 Å². The fourth-order valence-electron chi connectivity index (χ4n) is 3.19. The molecule has 3 rings (SSSR count). The van der Waals surface area contributed by atoms with E-state index >= 15 is 0 Å². The fourth-order valence-corrected chi connectivity index (χ4v) is 3.19. The van der Waals surface area contributed by atoms with Gasteiger partial charge in [-0.1, -0.05) is 29.8 Å². The normalized spacial score (nSPS) is 13.6. The Bertz CT molecular complexity index is 709. The van der Waals surface area contributed by atoms with Crippen molar-refractivity contribution in [2.24, 2.45) is 0 Å². The smallest absolute Gasteiger partial charge is 0.163 e. The van der Waals surface area contributed by atoms with Crippen LogP contribution in [0.5, 0.6) is 5.75 Å². The van der Waals surface area contributed by atoms with Crippen LogP contribution in [-0.2, 0) is 6.42 Å². The molecular formula is C20H23NO2. The van der Waals surface area contributed by atoms with Crippen LogP contribution in [0.15, 0.2) is 42.5 Å². The molecule has 1 aliphatic heterocycles. The zero-order valence-corrected chi connectivity index (χ0v) is 13.8. The Kier molecular flexibility index (Phi) is 4.65. The Morgan fingerprint density at radius 1 is 1.22 bits per heavy atom. The van der Waals surface area contributed by atoms with Crippen molar-refractivity contribution < 1.29 is 9.53 Å². The summed E-state index contributed by atoms with van der Waals surface area (Å²) in [5.74, 6) is 0.723. The van der Waals surface area contributed by atoms with E-state index < -0.39 is 0 Å². The minimum Gasteiger partial charge on any atom is -0.491 e. The Hall–Kier alpha value is -2.29. The van der Waals surface area contributed by atoms with Crippen LogP contribution in [0, 0.1) is 6.92 Å². The van der Waals surface area contributed by atoms with Gasteiger partial charge in [-0.15, -0.1) is 0 Å². The summed E-state index contributed by atoms with van der Waals surface area (Å²) in [6, 6.07) is 14.1. The third-order valence-electron chi connectivity index (χ3n) is 4.33. The number of fused-ring (bicyclic) bond motifs is 1. The van der Waals surface area contributed by atoms with E-state index in [4.69, 9.17) is 4.74 Å². The van der Waals surface area contributed by atoms with Crippen LogP contribution < -0.4 is 9.64 Å². The monoisotopic (exact) mass is 309 g/mol. The molecule has 0 aromatic heterocycles. The topological polar surface area (TPSA) is 29.5 Å². The molecule has 0 bridgehead atoms. The number of hydrogen-bond donors (Lipinski definition) is 0. The second-order valence-electron chi connectivity index (χ2n) is 6.12. The first-order chi connectivity index (χ1) is 11.1. The van der Waals surface area contributed by atoms with Gasteiger partial charge in [0.1, 0.15) is 12.4 Å². The molecule has 23 heavy (non-hydrogen) atoms. The summed E-state index contributed by atoms with van der Waals surface area (Å²) in [6.07, 6.45) is 2.34. The first kappa shape index (κ1) is 15.6. The van der Waals surface area contributed by atoms with Crippen molar-refractivity contribution in [3.8, 4) is 5.75 Å². The van der Waals surface area contributed by atoms with E-state index in [1.54, 1.807) is 6.92 Å². The molecule has 2 aromatic rings. The highest BCUT2D eigenvalue weighted by Crippen LogP contribution is 2.28. The number of carbonyl (C=O) groups excluding carboxylic acids is 1. The number of carbonyl (C=O) groups is 1. The van der Waals surface area contributed by atoms with Crippen molar-refractivity contribution in [1.29, 1.82) is 0 Å². The third kappa shape index (κ3) is 3.55. The Labute approximate surface area is 137 Å². The quantitative estimate of drug-likeness (QED) is 0.781. The second kappa shape index (κ2) is 6.86. The predicted molar refractivity (Wildman–Crippen MR) is 93.7 cm³/mol. The van der Waals surface area contributed by atoms with Crippen molar-refractivity contribution in [1.82, 2.24) is 0 Å². The highest BCUT2D eigenvalue weighted by Gasteiger charge is 2.17. The number of benzene rings is 2. The molecule has 0 unspecified atom stereocenters. The van der Waals surface area contributed by atoms with Crippen LogP contribution in [0.2, 0.25) is 0 Å². The lowest BCUT2D eigenvalue weighted by atomic mass is 10.00. The van der Waals surface area contributed by atoms with Crippen LogP contribution in [0.3, 0.4) is 0 Å². The molecule has 3 heteroatoms. The van der Waals surface area contributed by atoms with E-state index in [2.05, 4.69) is 30.0 Å². The molecule has 0 N–H and O–H groups in total. The van der Waals surface area contributed by atoms with Crippen LogP contribution in [0.1, 0.15) is 34.8 Å². The fraction of sp³-hybridized carbons (Fsp3) is 0.350. The second-order valence-corrected chi connectivity index (χ2v) is 6.12. The van der Waals surface area contributed by atoms with Crippen molar-refractivity contribution in [2.45, 2.75) is 26.7 Å². The number of hydrogen-bond acceptors (Lipinski definition) is 3. The summed E-state index contributed by atoms with van der Waals surface area (Å²) >= 11 is 0. The van der Waals surface area contributed by atoms with Gasteiger partial charge in [0, 0.05) is 12.2 Å². The largest absolute Gasteiger partial charge is 0.491 e. The Morgan fingerprint density at radius 3 is 2.87 bits per heavy atom. The molecule has 120 valence electrons. The predicted octanol–water partition coefficient (Wildman–Crippen LogP) is 4.03. The lowest BCUT2D eigenvalue weighted by Crippen LogP contribution is -2.33. The van der Waals surface area contributed by atoms with Gasteiger partial charge in [0.05, 0.1) is 12.1 Å². The van der Waals surface area contributed by atoms with Crippen LogP contribution in [0.25, 0.3) is 0 Å². The number of Topliss-reactive ketones (excluding diaryl/α,β-unsaturated/α-hetero) is 1. The maximum atomic E-state index is 11.6. The summed E-state index contributed by atoms with van der Waals surface area (Å²) in [6.45, 7) is 6.19. The van der Waals surface area contributed by atoms with Crippen LogP contribution >= 0.6 is 0 Å². The van der Waals surface area contributed by atoms with E-state index in [1.165, 1.54) is 23.2 Å². The van der Waals surface area contributed by atoms with Gasteiger partial charge < -0.3 is 9.64 Å². The molecule has 0 saturated carbocycles. The van der Waals surface area contributed by atoms with Crippen molar-refractivity contribution in [2.75, 3.05) is 24.6 Å². The number of anilines is 1. The molecule has 0 amide bonds. The SMILES string of the molecule is CC(=O)c1ccccc1OCCN1CCCc2cc(C)ccc21. The Balaban J connectivity index is 1.66. The van der Waals surface area contributed by atoms with E-state index in [0.717, 1.165) is 19.5 Å². The van der Waals surface area contributed by atoms with Crippen LogP contribution in [0.4, 0.5) is 5.69 Å². The highest BCUT2D eigenvalue weighted by atomic mass is 16.5. The number of ether oxygens (including phenoxy) is 1. The van der Waals surface area contributed by atoms with Gasteiger partial charge in [0.15, 0.2) is 5.78 Å². The maximum absolute atomic E-state index is 11.6. The van der Waals surface area contributed by atoms with Gasteiger partial charge in [-0.2, -0.15) is 0 Å². The summed E-state index contributed by atoms with van der Waals surface area (Å²) in [4.78, 5) is 14.0.